The van der Waals surface area contributed by atoms with Crippen LogP contribution in [-0.4, -0.2) is 61.4 Å². The van der Waals surface area contributed by atoms with Crippen LogP contribution in [0.25, 0.3) is 0 Å². The van der Waals surface area contributed by atoms with Crippen LogP contribution in [0.5, 0.6) is 0 Å². The van der Waals surface area contributed by atoms with E-state index in [1.165, 1.54) is 0 Å². The van der Waals surface area contributed by atoms with Gasteiger partial charge in [0.25, 0.3) is 0 Å². The van der Waals surface area contributed by atoms with Crippen LogP contribution in [0.4, 0.5) is 0 Å². The first-order chi connectivity index (χ1) is 8.58. The van der Waals surface area contributed by atoms with Gasteiger partial charge in [0.1, 0.15) is 0 Å². The molecular weight excluding hydrogens is 234 g/mol. The fraction of sp³-hybridized carbons (Fsp3) is 1.00. The molecule has 0 aromatic carbocycles. The van der Waals surface area contributed by atoms with E-state index in [2.05, 4.69) is 5.32 Å². The summed E-state index contributed by atoms with van der Waals surface area (Å²) in [5.41, 5.74) is 0. The smallest absolute Gasteiger partial charge is 0.0897 e. The van der Waals surface area contributed by atoms with Crippen molar-refractivity contribution in [2.75, 3.05) is 32.9 Å². The highest BCUT2D eigenvalue weighted by atomic mass is 16.5. The van der Waals surface area contributed by atoms with Gasteiger partial charge >= 0.3 is 0 Å². The van der Waals surface area contributed by atoms with Gasteiger partial charge in [-0.1, -0.05) is 0 Å². The van der Waals surface area contributed by atoms with Gasteiger partial charge in [0.2, 0.25) is 0 Å². The second-order valence-electron chi connectivity index (χ2n) is 5.30. The Labute approximate surface area is 109 Å². The zero-order valence-electron chi connectivity index (χ0n) is 11.5. The van der Waals surface area contributed by atoms with E-state index in [-0.39, 0.29) is 12.2 Å². The lowest BCUT2D eigenvalue weighted by molar-refractivity contribution is -0.0111. The van der Waals surface area contributed by atoms with Crippen molar-refractivity contribution in [2.45, 2.75) is 45.0 Å². The molecule has 1 aliphatic carbocycles. The van der Waals surface area contributed by atoms with E-state index in [0.717, 1.165) is 19.4 Å². The lowest BCUT2D eigenvalue weighted by Gasteiger charge is -2.31. The first kappa shape index (κ1) is 15.9. The van der Waals surface area contributed by atoms with Crippen LogP contribution in [0.2, 0.25) is 0 Å². The van der Waals surface area contributed by atoms with Crippen LogP contribution < -0.4 is 5.32 Å². The van der Waals surface area contributed by atoms with Crippen LogP contribution in [0.1, 0.15) is 26.7 Å². The van der Waals surface area contributed by atoms with Crippen molar-refractivity contribution in [3.8, 4) is 0 Å². The number of hydrogen-bond donors (Lipinski definition) is 3. The first-order valence-corrected chi connectivity index (χ1v) is 6.84. The van der Waals surface area contributed by atoms with E-state index < -0.39 is 6.10 Å². The maximum Gasteiger partial charge on any atom is 0.0897 e. The van der Waals surface area contributed by atoms with Crippen molar-refractivity contribution in [1.29, 1.82) is 0 Å². The van der Waals surface area contributed by atoms with Crippen molar-refractivity contribution in [3.63, 3.8) is 0 Å². The van der Waals surface area contributed by atoms with Gasteiger partial charge in [0.15, 0.2) is 0 Å². The molecule has 0 saturated heterocycles. The van der Waals surface area contributed by atoms with Gasteiger partial charge in [-0.2, -0.15) is 0 Å². The molecule has 0 aromatic heterocycles. The third-order valence-corrected chi connectivity index (χ3v) is 3.01. The summed E-state index contributed by atoms with van der Waals surface area (Å²) in [4.78, 5) is 0. The highest BCUT2D eigenvalue weighted by Gasteiger charge is 2.26. The topological polar surface area (TPSA) is 71.0 Å². The molecule has 1 rings (SSSR count). The highest BCUT2D eigenvalue weighted by Crippen LogP contribution is 2.25. The molecule has 1 atom stereocenters. The van der Waals surface area contributed by atoms with Crippen LogP contribution in [0.3, 0.4) is 0 Å². The van der Waals surface area contributed by atoms with Crippen LogP contribution in [0, 0.1) is 5.92 Å². The predicted molar refractivity (Wildman–Crippen MR) is 69.5 cm³/mol. The number of rotatable bonds is 10. The molecule has 0 bridgehead atoms. The number of aliphatic hydroxyl groups is 2. The molecule has 0 aliphatic heterocycles. The van der Waals surface area contributed by atoms with Gasteiger partial charge in [-0.25, -0.2) is 0 Å². The third-order valence-electron chi connectivity index (χ3n) is 3.01. The summed E-state index contributed by atoms with van der Waals surface area (Å²) in [6.45, 7) is 6.79. The van der Waals surface area contributed by atoms with Gasteiger partial charge in [0.05, 0.1) is 38.1 Å². The third kappa shape index (κ3) is 7.28. The van der Waals surface area contributed by atoms with Crippen molar-refractivity contribution < 1.29 is 19.7 Å². The van der Waals surface area contributed by atoms with E-state index in [1.807, 2.05) is 13.8 Å². The first-order valence-electron chi connectivity index (χ1n) is 6.84. The Balaban J connectivity index is 1.83. The summed E-state index contributed by atoms with van der Waals surface area (Å²) in [7, 11) is 0. The largest absolute Gasteiger partial charge is 0.393 e. The van der Waals surface area contributed by atoms with Crippen LogP contribution in [-0.2, 0) is 9.47 Å². The Kier molecular flexibility index (Phi) is 7.77. The SMILES string of the molecule is CC(C)OCCOCC(O)CNCC1CC(O)C1. The molecular formula is C13H27NO4. The number of hydrogen-bond acceptors (Lipinski definition) is 5. The lowest BCUT2D eigenvalue weighted by Crippen LogP contribution is -2.39. The van der Waals surface area contributed by atoms with Crippen molar-refractivity contribution >= 4 is 0 Å². The Bertz CT molecular complexity index is 207. The Morgan fingerprint density at radius 1 is 1.28 bits per heavy atom. The molecule has 0 heterocycles. The minimum atomic E-state index is -0.478. The second-order valence-corrected chi connectivity index (χ2v) is 5.30. The molecule has 1 aliphatic rings. The van der Waals surface area contributed by atoms with E-state index in [1.54, 1.807) is 0 Å². The predicted octanol–water partition coefficient (Wildman–Crippen LogP) is 0.149. The average molecular weight is 261 g/mol. The number of ether oxygens (including phenoxy) is 2. The molecule has 0 spiro atoms. The van der Waals surface area contributed by atoms with E-state index in [9.17, 15) is 5.11 Å². The molecule has 0 amide bonds. The van der Waals surface area contributed by atoms with Crippen molar-refractivity contribution in [2.24, 2.45) is 5.92 Å². The summed E-state index contributed by atoms with van der Waals surface area (Å²) in [6, 6.07) is 0. The standard InChI is InChI=1S/C13H27NO4/c1-10(2)18-4-3-17-9-13(16)8-14-7-11-5-12(15)6-11/h10-16H,3-9H2,1-2H3. The monoisotopic (exact) mass is 261 g/mol. The van der Waals surface area contributed by atoms with E-state index >= 15 is 0 Å². The quantitative estimate of drug-likeness (QED) is 0.488. The summed E-state index contributed by atoms with van der Waals surface area (Å²) >= 11 is 0. The molecule has 1 unspecified atom stereocenters. The van der Waals surface area contributed by atoms with E-state index in [0.29, 0.717) is 32.3 Å². The molecule has 1 fully saturated rings. The molecule has 0 aromatic rings. The zero-order valence-corrected chi connectivity index (χ0v) is 11.5. The minimum Gasteiger partial charge on any atom is -0.393 e. The van der Waals surface area contributed by atoms with Crippen LogP contribution in [0.15, 0.2) is 0 Å². The molecule has 18 heavy (non-hydrogen) atoms. The van der Waals surface area contributed by atoms with Gasteiger partial charge < -0.3 is 25.0 Å². The fourth-order valence-electron chi connectivity index (χ4n) is 1.94. The lowest BCUT2D eigenvalue weighted by atomic mass is 9.82. The van der Waals surface area contributed by atoms with Gasteiger partial charge in [0, 0.05) is 6.54 Å². The normalized spacial score (nSPS) is 25.2. The number of nitrogens with one attached hydrogen (secondary N) is 1. The Morgan fingerprint density at radius 3 is 2.61 bits per heavy atom. The minimum absolute atomic E-state index is 0.106. The number of aliphatic hydroxyl groups excluding tert-OH is 2. The van der Waals surface area contributed by atoms with Gasteiger partial charge in [-0.3, -0.25) is 0 Å². The molecule has 1 saturated carbocycles. The zero-order chi connectivity index (χ0) is 13.4. The van der Waals surface area contributed by atoms with E-state index in [4.69, 9.17) is 14.6 Å². The fourth-order valence-corrected chi connectivity index (χ4v) is 1.94. The van der Waals surface area contributed by atoms with Crippen molar-refractivity contribution in [3.05, 3.63) is 0 Å². The summed E-state index contributed by atoms with van der Waals surface area (Å²) in [5.74, 6) is 0.563. The maximum absolute atomic E-state index is 9.64. The second kappa shape index (κ2) is 8.82. The van der Waals surface area contributed by atoms with Crippen molar-refractivity contribution in [1.82, 2.24) is 5.32 Å². The molecule has 0 radical (unpaired) electrons. The highest BCUT2D eigenvalue weighted by molar-refractivity contribution is 4.80. The molecule has 5 heteroatoms. The molecule has 5 nitrogen and oxygen atoms in total. The summed E-state index contributed by atoms with van der Waals surface area (Å²) in [6.07, 6.45) is 1.40. The van der Waals surface area contributed by atoms with Crippen LogP contribution >= 0.6 is 0 Å². The Hall–Kier alpha value is -0.200. The average Bonchev–Trinajstić information content (AvgIpc) is 2.25. The molecule has 108 valence electrons. The Morgan fingerprint density at radius 2 is 2.00 bits per heavy atom. The molecule has 3 N–H and O–H groups in total. The summed E-state index contributed by atoms with van der Waals surface area (Å²) in [5, 5.41) is 22.0. The maximum atomic E-state index is 9.64. The van der Waals surface area contributed by atoms with Gasteiger partial charge in [-0.05, 0) is 39.2 Å². The van der Waals surface area contributed by atoms with Gasteiger partial charge in [-0.15, -0.1) is 0 Å². The summed E-state index contributed by atoms with van der Waals surface area (Å²) < 4.78 is 10.6.